The van der Waals surface area contributed by atoms with Crippen LogP contribution in [0.25, 0.3) is 23.2 Å². The van der Waals surface area contributed by atoms with Gasteiger partial charge in [0, 0.05) is 11.3 Å². The molecular formula is C19H18N2. The van der Waals surface area contributed by atoms with E-state index >= 15 is 0 Å². The van der Waals surface area contributed by atoms with Gasteiger partial charge < -0.3 is 0 Å². The van der Waals surface area contributed by atoms with Crippen molar-refractivity contribution in [3.05, 3.63) is 66.0 Å². The summed E-state index contributed by atoms with van der Waals surface area (Å²) in [6, 6.07) is 10.5. The fourth-order valence-electron chi connectivity index (χ4n) is 3.06. The molecule has 2 aliphatic rings. The number of hydrogen-bond acceptors (Lipinski definition) is 1. The molecule has 0 saturated carbocycles. The Morgan fingerprint density at radius 1 is 0.905 bits per heavy atom. The maximum absolute atomic E-state index is 4.93. The highest BCUT2D eigenvalue weighted by molar-refractivity contribution is 5.73. The van der Waals surface area contributed by atoms with Crippen LogP contribution in [0.5, 0.6) is 0 Å². The van der Waals surface area contributed by atoms with Crippen LogP contribution >= 0.6 is 0 Å². The van der Waals surface area contributed by atoms with E-state index in [2.05, 4.69) is 65.3 Å². The second kappa shape index (κ2) is 5.21. The highest BCUT2D eigenvalue weighted by Gasteiger charge is 2.20. The lowest BCUT2D eigenvalue weighted by atomic mass is 10.1. The number of imidazole rings is 1. The molecule has 1 aromatic heterocycles. The molecule has 0 radical (unpaired) electrons. The predicted molar refractivity (Wildman–Crippen MR) is 87.7 cm³/mol. The summed E-state index contributed by atoms with van der Waals surface area (Å²) in [5.41, 5.74) is 4.90. The molecule has 0 atom stereocenters. The average molecular weight is 274 g/mol. The molecule has 0 N–H and O–H groups in total. The van der Waals surface area contributed by atoms with E-state index in [4.69, 9.17) is 4.98 Å². The highest BCUT2D eigenvalue weighted by Crippen LogP contribution is 2.31. The first-order valence-corrected chi connectivity index (χ1v) is 7.64. The van der Waals surface area contributed by atoms with Crippen molar-refractivity contribution in [2.75, 3.05) is 0 Å². The van der Waals surface area contributed by atoms with Crippen molar-refractivity contribution in [3.63, 3.8) is 0 Å². The number of rotatable bonds is 2. The van der Waals surface area contributed by atoms with E-state index in [0.717, 1.165) is 31.5 Å². The van der Waals surface area contributed by atoms with Crippen LogP contribution in [0.1, 0.15) is 30.7 Å². The maximum atomic E-state index is 4.93. The first-order chi connectivity index (χ1) is 10.4. The number of aryl methyl sites for hydroxylation is 1. The Labute approximate surface area is 125 Å². The standard InChI is InChI=1S/C19H18N2/c1-3-9-15(10-4-1)19-20-17-13-7-8-14-18(17)21(19)16-11-5-2-6-12-16/h1,3-5,8-12,14H,2,6-7,13H2. The monoisotopic (exact) mass is 274 g/mol. The summed E-state index contributed by atoms with van der Waals surface area (Å²) in [7, 11) is 0. The van der Waals surface area contributed by atoms with Crippen LogP contribution in [0.15, 0.2) is 54.6 Å². The van der Waals surface area contributed by atoms with Crippen LogP contribution in [-0.4, -0.2) is 9.55 Å². The first kappa shape index (κ1) is 12.4. The largest absolute Gasteiger partial charge is 0.293 e. The fraction of sp³-hybridized carbons (Fsp3) is 0.211. The van der Waals surface area contributed by atoms with E-state index in [-0.39, 0.29) is 0 Å². The van der Waals surface area contributed by atoms with Crippen molar-refractivity contribution >= 4 is 11.8 Å². The minimum Gasteiger partial charge on any atom is -0.293 e. The normalized spacial score (nSPS) is 16.7. The molecule has 0 spiro atoms. The van der Waals surface area contributed by atoms with Gasteiger partial charge in [-0.2, -0.15) is 0 Å². The number of allylic oxidation sites excluding steroid dienone is 5. The molecule has 0 unspecified atom stereocenters. The molecule has 4 rings (SSSR count). The second-order valence-corrected chi connectivity index (χ2v) is 5.52. The van der Waals surface area contributed by atoms with Crippen LogP contribution in [-0.2, 0) is 6.42 Å². The quantitative estimate of drug-likeness (QED) is 0.776. The molecule has 0 bridgehead atoms. The lowest BCUT2D eigenvalue weighted by Crippen LogP contribution is -2.03. The van der Waals surface area contributed by atoms with Crippen LogP contribution in [0, 0.1) is 0 Å². The van der Waals surface area contributed by atoms with Gasteiger partial charge in [0.05, 0.1) is 11.4 Å². The van der Waals surface area contributed by atoms with Crippen molar-refractivity contribution in [3.8, 4) is 11.4 Å². The SMILES string of the molecule is C1=CC(n2c(-c3ccccc3)nc3c2C=CCC3)=CCC1. The second-order valence-electron chi connectivity index (χ2n) is 5.52. The lowest BCUT2D eigenvalue weighted by molar-refractivity contribution is 0.936. The zero-order valence-corrected chi connectivity index (χ0v) is 12.0. The number of aromatic nitrogens is 2. The summed E-state index contributed by atoms with van der Waals surface area (Å²) in [6.45, 7) is 0. The van der Waals surface area contributed by atoms with Crippen LogP contribution < -0.4 is 0 Å². The molecule has 2 aliphatic carbocycles. The summed E-state index contributed by atoms with van der Waals surface area (Å²) < 4.78 is 2.32. The molecule has 0 amide bonds. The number of hydrogen-bond donors (Lipinski definition) is 0. The van der Waals surface area contributed by atoms with Gasteiger partial charge in [0.2, 0.25) is 0 Å². The molecule has 0 saturated heterocycles. The minimum absolute atomic E-state index is 1.04. The van der Waals surface area contributed by atoms with E-state index in [1.165, 1.54) is 22.6 Å². The van der Waals surface area contributed by atoms with E-state index < -0.39 is 0 Å². The molecule has 2 nitrogen and oxygen atoms in total. The predicted octanol–water partition coefficient (Wildman–Crippen LogP) is 4.70. The van der Waals surface area contributed by atoms with Crippen LogP contribution in [0.2, 0.25) is 0 Å². The smallest absolute Gasteiger partial charge is 0.145 e. The summed E-state index contributed by atoms with van der Waals surface area (Å²) in [6.07, 6.45) is 15.6. The zero-order valence-electron chi connectivity index (χ0n) is 12.0. The van der Waals surface area contributed by atoms with E-state index in [1.807, 2.05) is 0 Å². The summed E-state index contributed by atoms with van der Waals surface area (Å²) in [5.74, 6) is 1.06. The third-order valence-corrected chi connectivity index (χ3v) is 4.08. The topological polar surface area (TPSA) is 17.8 Å². The Hall–Kier alpha value is -2.35. The van der Waals surface area contributed by atoms with E-state index in [9.17, 15) is 0 Å². The lowest BCUT2D eigenvalue weighted by Gasteiger charge is -2.15. The third kappa shape index (κ3) is 2.17. The van der Waals surface area contributed by atoms with Gasteiger partial charge in [0.15, 0.2) is 0 Å². The Morgan fingerprint density at radius 3 is 2.57 bits per heavy atom. The van der Waals surface area contributed by atoms with E-state index in [1.54, 1.807) is 0 Å². The summed E-state index contributed by atoms with van der Waals surface area (Å²) in [4.78, 5) is 4.93. The number of fused-ring (bicyclic) bond motifs is 1. The Kier molecular flexibility index (Phi) is 3.07. The first-order valence-electron chi connectivity index (χ1n) is 7.64. The van der Waals surface area contributed by atoms with Gasteiger partial charge in [0.1, 0.15) is 5.82 Å². The molecule has 1 heterocycles. The minimum atomic E-state index is 1.04. The molecule has 2 aromatic rings. The van der Waals surface area contributed by atoms with E-state index in [0.29, 0.717) is 0 Å². The van der Waals surface area contributed by atoms with Gasteiger partial charge in [-0.1, -0.05) is 48.6 Å². The molecule has 2 heteroatoms. The Bertz CT molecular complexity index is 745. The summed E-state index contributed by atoms with van der Waals surface area (Å²) >= 11 is 0. The summed E-state index contributed by atoms with van der Waals surface area (Å²) in [5, 5.41) is 0. The molecule has 104 valence electrons. The molecule has 1 aromatic carbocycles. The van der Waals surface area contributed by atoms with Gasteiger partial charge in [-0.25, -0.2) is 4.98 Å². The van der Waals surface area contributed by atoms with Crippen molar-refractivity contribution in [1.29, 1.82) is 0 Å². The maximum Gasteiger partial charge on any atom is 0.145 e. The van der Waals surface area contributed by atoms with Gasteiger partial charge in [-0.3, -0.25) is 4.57 Å². The Morgan fingerprint density at radius 2 is 1.76 bits per heavy atom. The molecule has 0 aliphatic heterocycles. The zero-order chi connectivity index (χ0) is 14.1. The number of benzene rings is 1. The third-order valence-electron chi connectivity index (χ3n) is 4.08. The molecular weight excluding hydrogens is 256 g/mol. The van der Waals surface area contributed by atoms with Crippen molar-refractivity contribution < 1.29 is 0 Å². The van der Waals surface area contributed by atoms with Gasteiger partial charge >= 0.3 is 0 Å². The van der Waals surface area contributed by atoms with Gasteiger partial charge in [0.25, 0.3) is 0 Å². The van der Waals surface area contributed by atoms with Crippen molar-refractivity contribution in [1.82, 2.24) is 9.55 Å². The van der Waals surface area contributed by atoms with Crippen molar-refractivity contribution in [2.45, 2.75) is 25.7 Å². The molecule has 21 heavy (non-hydrogen) atoms. The van der Waals surface area contributed by atoms with Crippen LogP contribution in [0.4, 0.5) is 0 Å². The average Bonchev–Trinajstić information content (AvgIpc) is 2.96. The van der Waals surface area contributed by atoms with Crippen molar-refractivity contribution in [2.24, 2.45) is 0 Å². The Balaban J connectivity index is 1.94. The molecule has 0 fully saturated rings. The highest BCUT2D eigenvalue weighted by atomic mass is 15.1. The van der Waals surface area contributed by atoms with Gasteiger partial charge in [-0.05, 0) is 37.8 Å². The fourth-order valence-corrected chi connectivity index (χ4v) is 3.06. The van der Waals surface area contributed by atoms with Crippen LogP contribution in [0.3, 0.4) is 0 Å². The number of nitrogens with zero attached hydrogens (tertiary/aromatic N) is 2. The van der Waals surface area contributed by atoms with Gasteiger partial charge in [-0.15, -0.1) is 0 Å².